The summed E-state index contributed by atoms with van der Waals surface area (Å²) in [5.41, 5.74) is 1.27. The topological polar surface area (TPSA) is 57.5 Å². The second-order valence-corrected chi connectivity index (χ2v) is 7.37. The van der Waals surface area contributed by atoms with Gasteiger partial charge in [-0.25, -0.2) is 9.98 Å². The zero-order valence-corrected chi connectivity index (χ0v) is 18.6. The lowest BCUT2D eigenvalue weighted by atomic mass is 10.2. The van der Waals surface area contributed by atoms with Crippen molar-refractivity contribution in [2.45, 2.75) is 59.7 Å². The lowest BCUT2D eigenvalue weighted by molar-refractivity contribution is 0.292. The van der Waals surface area contributed by atoms with Crippen LogP contribution in [0.15, 0.2) is 47.7 Å². The van der Waals surface area contributed by atoms with Crippen molar-refractivity contribution in [2.75, 3.05) is 26.2 Å². The van der Waals surface area contributed by atoms with Gasteiger partial charge in [-0.15, -0.1) is 0 Å². The first-order chi connectivity index (χ1) is 14.2. The molecule has 0 aliphatic rings. The van der Waals surface area contributed by atoms with Gasteiger partial charge in [0.25, 0.3) is 0 Å². The lowest BCUT2D eigenvalue weighted by Crippen LogP contribution is -2.42. The third kappa shape index (κ3) is 8.28. The number of nitrogens with one attached hydrogen (secondary N) is 2. The van der Waals surface area contributed by atoms with E-state index < -0.39 is 0 Å². The molecule has 0 aliphatic carbocycles. The van der Waals surface area contributed by atoms with Crippen LogP contribution in [0, 0.1) is 0 Å². The monoisotopic (exact) mass is 398 g/mol. The number of imidazole rings is 1. The highest BCUT2D eigenvalue weighted by Crippen LogP contribution is 2.07. The van der Waals surface area contributed by atoms with E-state index >= 15 is 0 Å². The Bertz CT molecular complexity index is 705. The third-order valence-corrected chi connectivity index (χ3v) is 5.11. The summed E-state index contributed by atoms with van der Waals surface area (Å²) >= 11 is 0. The minimum absolute atomic E-state index is 0.382. The molecule has 2 N–H and O–H groups in total. The first kappa shape index (κ1) is 22.9. The zero-order valence-electron chi connectivity index (χ0n) is 18.6. The molecular formula is C23H38N6. The fourth-order valence-corrected chi connectivity index (χ4v) is 3.35. The molecule has 0 saturated heterocycles. The average molecular weight is 399 g/mol. The van der Waals surface area contributed by atoms with Gasteiger partial charge >= 0.3 is 0 Å². The van der Waals surface area contributed by atoms with Crippen LogP contribution in [-0.2, 0) is 13.1 Å². The molecule has 1 aromatic heterocycles. The minimum atomic E-state index is 0.382. The van der Waals surface area contributed by atoms with Crippen molar-refractivity contribution >= 4 is 5.96 Å². The predicted octanol–water partition coefficient (Wildman–Crippen LogP) is 3.50. The van der Waals surface area contributed by atoms with Crippen LogP contribution in [-0.4, -0.2) is 52.6 Å². The molecule has 0 bridgehead atoms. The molecule has 0 spiro atoms. The van der Waals surface area contributed by atoms with E-state index in [-0.39, 0.29) is 0 Å². The van der Waals surface area contributed by atoms with Gasteiger partial charge in [0.05, 0.1) is 0 Å². The Hall–Kier alpha value is -2.34. The van der Waals surface area contributed by atoms with Gasteiger partial charge in [-0.05, 0) is 51.9 Å². The van der Waals surface area contributed by atoms with Crippen LogP contribution in [0.3, 0.4) is 0 Å². The van der Waals surface area contributed by atoms with Crippen LogP contribution in [0.4, 0.5) is 0 Å². The summed E-state index contributed by atoms with van der Waals surface area (Å²) in [6.07, 6.45) is 6.19. The molecule has 1 aromatic carbocycles. The molecule has 0 amide bonds. The van der Waals surface area contributed by atoms with E-state index in [2.05, 4.69) is 77.0 Å². The van der Waals surface area contributed by atoms with Gasteiger partial charge in [-0.2, -0.15) is 0 Å². The fraction of sp³-hybridized carbons (Fsp3) is 0.565. The lowest BCUT2D eigenvalue weighted by Gasteiger charge is -2.21. The first-order valence-corrected chi connectivity index (χ1v) is 11.0. The molecule has 0 aliphatic heterocycles. The van der Waals surface area contributed by atoms with Gasteiger partial charge < -0.3 is 20.1 Å². The van der Waals surface area contributed by atoms with E-state index in [0.29, 0.717) is 12.6 Å². The highest BCUT2D eigenvalue weighted by molar-refractivity contribution is 5.79. The standard InChI is InChI=1S/C23H38N6/c1-5-24-23(27-20(4)12-11-16-28(6-2)7-3)26-18-22-25-15-17-29(22)19-21-13-9-8-10-14-21/h8-10,13-15,17,20H,5-7,11-12,16,18-19H2,1-4H3,(H2,24,26,27). The van der Waals surface area contributed by atoms with E-state index in [1.54, 1.807) is 0 Å². The molecular weight excluding hydrogens is 360 g/mol. The summed E-state index contributed by atoms with van der Waals surface area (Å²) < 4.78 is 2.16. The molecule has 160 valence electrons. The molecule has 1 heterocycles. The number of guanidine groups is 1. The third-order valence-electron chi connectivity index (χ3n) is 5.11. The molecule has 2 aromatic rings. The van der Waals surface area contributed by atoms with Crippen molar-refractivity contribution in [1.82, 2.24) is 25.1 Å². The Balaban J connectivity index is 1.89. The van der Waals surface area contributed by atoms with Gasteiger partial charge in [0.1, 0.15) is 12.4 Å². The van der Waals surface area contributed by atoms with Crippen LogP contribution >= 0.6 is 0 Å². The van der Waals surface area contributed by atoms with Crippen molar-refractivity contribution < 1.29 is 0 Å². The normalized spacial score (nSPS) is 12.9. The van der Waals surface area contributed by atoms with Gasteiger partial charge in [0, 0.05) is 31.5 Å². The molecule has 1 atom stereocenters. The zero-order chi connectivity index (χ0) is 20.9. The fourth-order valence-electron chi connectivity index (χ4n) is 3.35. The average Bonchev–Trinajstić information content (AvgIpc) is 3.17. The second kappa shape index (κ2) is 13.0. The van der Waals surface area contributed by atoms with Crippen LogP contribution in [0.25, 0.3) is 0 Å². The van der Waals surface area contributed by atoms with E-state index in [4.69, 9.17) is 4.99 Å². The van der Waals surface area contributed by atoms with Crippen molar-refractivity contribution in [3.05, 3.63) is 54.1 Å². The Morgan fingerprint density at radius 1 is 1.17 bits per heavy atom. The molecule has 6 nitrogen and oxygen atoms in total. The number of benzene rings is 1. The Labute approximate surface area is 176 Å². The summed E-state index contributed by atoms with van der Waals surface area (Å²) in [7, 11) is 0. The Morgan fingerprint density at radius 3 is 2.62 bits per heavy atom. The molecule has 29 heavy (non-hydrogen) atoms. The van der Waals surface area contributed by atoms with Crippen molar-refractivity contribution in [3.63, 3.8) is 0 Å². The maximum atomic E-state index is 4.77. The Kier molecular flexibility index (Phi) is 10.3. The molecule has 2 rings (SSSR count). The van der Waals surface area contributed by atoms with E-state index in [1.165, 1.54) is 12.0 Å². The molecule has 1 unspecified atom stereocenters. The van der Waals surface area contributed by atoms with Gasteiger partial charge in [-0.1, -0.05) is 44.2 Å². The SMILES string of the molecule is CCNC(=NCc1nccn1Cc1ccccc1)NC(C)CCCN(CC)CC. The van der Waals surface area contributed by atoms with Gasteiger partial charge in [0.2, 0.25) is 0 Å². The van der Waals surface area contributed by atoms with Gasteiger partial charge in [-0.3, -0.25) is 0 Å². The summed E-state index contributed by atoms with van der Waals surface area (Å²) in [6.45, 7) is 14.4. The summed E-state index contributed by atoms with van der Waals surface area (Å²) in [4.78, 5) is 11.8. The highest BCUT2D eigenvalue weighted by Gasteiger charge is 2.08. The number of aromatic nitrogens is 2. The van der Waals surface area contributed by atoms with Gasteiger partial charge in [0.15, 0.2) is 5.96 Å². The van der Waals surface area contributed by atoms with Crippen molar-refractivity contribution in [2.24, 2.45) is 4.99 Å². The smallest absolute Gasteiger partial charge is 0.191 e. The second-order valence-electron chi connectivity index (χ2n) is 7.37. The summed E-state index contributed by atoms with van der Waals surface area (Å²) in [5, 5.41) is 6.90. The highest BCUT2D eigenvalue weighted by atomic mass is 15.2. The van der Waals surface area contributed by atoms with Crippen LogP contribution in [0.5, 0.6) is 0 Å². The molecule has 0 fully saturated rings. The van der Waals surface area contributed by atoms with Crippen molar-refractivity contribution in [3.8, 4) is 0 Å². The van der Waals surface area contributed by atoms with Crippen molar-refractivity contribution in [1.29, 1.82) is 0 Å². The number of nitrogens with zero attached hydrogens (tertiary/aromatic N) is 4. The predicted molar refractivity (Wildman–Crippen MR) is 122 cm³/mol. The first-order valence-electron chi connectivity index (χ1n) is 11.0. The maximum Gasteiger partial charge on any atom is 0.191 e. The number of hydrogen-bond acceptors (Lipinski definition) is 3. The summed E-state index contributed by atoms with van der Waals surface area (Å²) in [6, 6.07) is 10.8. The molecule has 0 saturated carbocycles. The summed E-state index contributed by atoms with van der Waals surface area (Å²) in [5.74, 6) is 1.83. The number of hydrogen-bond donors (Lipinski definition) is 2. The maximum absolute atomic E-state index is 4.77. The quantitative estimate of drug-likeness (QED) is 0.424. The van der Waals surface area contributed by atoms with Crippen LogP contribution in [0.2, 0.25) is 0 Å². The van der Waals surface area contributed by atoms with E-state index in [9.17, 15) is 0 Å². The van der Waals surface area contributed by atoms with E-state index in [0.717, 1.165) is 50.9 Å². The van der Waals surface area contributed by atoms with E-state index in [1.807, 2.05) is 18.5 Å². The Morgan fingerprint density at radius 2 is 1.93 bits per heavy atom. The largest absolute Gasteiger partial charge is 0.357 e. The number of rotatable bonds is 12. The van der Waals surface area contributed by atoms with Crippen LogP contribution in [0.1, 0.15) is 51.9 Å². The van der Waals surface area contributed by atoms with Crippen LogP contribution < -0.4 is 10.6 Å². The minimum Gasteiger partial charge on any atom is -0.357 e. The molecule has 0 radical (unpaired) electrons. The molecule has 6 heteroatoms. The number of aliphatic imine (C=N–C) groups is 1.